The van der Waals surface area contributed by atoms with Gasteiger partial charge in [0.15, 0.2) is 5.75 Å². The maximum Gasteiger partial charge on any atom is 0.162 e. The zero-order valence-electron chi connectivity index (χ0n) is 7.37. The number of anilines is 1. The van der Waals surface area contributed by atoms with Gasteiger partial charge in [0, 0.05) is 0 Å². The molecular weight excluding hydrogens is 190 g/mol. The van der Waals surface area contributed by atoms with Gasteiger partial charge in [-0.3, -0.25) is 0 Å². The molecule has 0 radical (unpaired) electrons. The first kappa shape index (κ1) is 10.0. The van der Waals surface area contributed by atoms with Gasteiger partial charge in [-0.25, -0.2) is 4.21 Å². The molecule has 1 aromatic carbocycles. The predicted molar refractivity (Wildman–Crippen MR) is 49.9 cm³/mol. The zero-order chi connectivity index (χ0) is 10.0. The summed E-state index contributed by atoms with van der Waals surface area (Å²) < 4.78 is 25.0. The number of hydrogen-bond acceptors (Lipinski definition) is 4. The lowest BCUT2D eigenvalue weighted by molar-refractivity contribution is 0.441. The SMILES string of the molecule is Cc1cc(C)c(N)c(OS(=O)[O-])c1. The third kappa shape index (κ3) is 2.43. The number of nitrogens with two attached hydrogens (primary N) is 1. The summed E-state index contributed by atoms with van der Waals surface area (Å²) in [6.45, 7) is 3.63. The van der Waals surface area contributed by atoms with Crippen LogP contribution in [0.25, 0.3) is 0 Å². The van der Waals surface area contributed by atoms with Crippen LogP contribution in [-0.2, 0) is 11.4 Å². The number of aryl methyl sites for hydroxylation is 2. The quantitative estimate of drug-likeness (QED) is 0.572. The first-order valence-electron chi connectivity index (χ1n) is 3.65. The molecule has 0 spiro atoms. The highest BCUT2D eigenvalue weighted by Gasteiger charge is 2.04. The smallest absolute Gasteiger partial charge is 0.162 e. The molecule has 0 amide bonds. The van der Waals surface area contributed by atoms with Crippen molar-refractivity contribution in [3.8, 4) is 5.75 Å². The van der Waals surface area contributed by atoms with E-state index in [0.29, 0.717) is 5.69 Å². The van der Waals surface area contributed by atoms with Crippen molar-refractivity contribution in [3.63, 3.8) is 0 Å². The standard InChI is InChI=1S/C8H11NO3S/c1-5-3-6(2)8(9)7(4-5)12-13(10)11/h3-4H,9H2,1-2H3,(H,10,11)/p-1. The fraction of sp³-hybridized carbons (Fsp3) is 0.250. The second-order valence-corrected chi connectivity index (χ2v) is 3.36. The number of benzene rings is 1. The minimum atomic E-state index is -2.57. The van der Waals surface area contributed by atoms with E-state index in [9.17, 15) is 8.76 Å². The number of nitrogen functional groups attached to an aromatic ring is 1. The van der Waals surface area contributed by atoms with Crippen LogP contribution in [0.4, 0.5) is 5.69 Å². The normalized spacial score (nSPS) is 12.5. The van der Waals surface area contributed by atoms with Crippen LogP contribution in [0.2, 0.25) is 0 Å². The Morgan fingerprint density at radius 3 is 2.62 bits per heavy atom. The summed E-state index contributed by atoms with van der Waals surface area (Å²) in [6.07, 6.45) is 0. The Hall–Kier alpha value is -1.07. The lowest BCUT2D eigenvalue weighted by atomic mass is 10.1. The van der Waals surface area contributed by atoms with Gasteiger partial charge in [0.25, 0.3) is 0 Å². The fourth-order valence-corrected chi connectivity index (χ4v) is 1.37. The molecule has 0 saturated heterocycles. The van der Waals surface area contributed by atoms with E-state index < -0.39 is 11.4 Å². The van der Waals surface area contributed by atoms with Crippen LogP contribution < -0.4 is 9.92 Å². The van der Waals surface area contributed by atoms with Crippen molar-refractivity contribution < 1.29 is 12.9 Å². The highest BCUT2D eigenvalue weighted by molar-refractivity contribution is 7.74. The highest BCUT2D eigenvalue weighted by atomic mass is 32.2. The molecule has 1 atom stereocenters. The minimum absolute atomic E-state index is 0.186. The molecule has 0 aliphatic heterocycles. The number of hydrogen-bond donors (Lipinski definition) is 1. The second kappa shape index (κ2) is 3.76. The molecule has 0 fully saturated rings. The molecule has 1 aromatic rings. The summed E-state index contributed by atoms with van der Waals surface area (Å²) in [7, 11) is 0. The van der Waals surface area contributed by atoms with Gasteiger partial charge in [0.1, 0.15) is 11.4 Å². The molecule has 1 rings (SSSR count). The van der Waals surface area contributed by atoms with Crippen LogP contribution in [0.1, 0.15) is 11.1 Å². The summed E-state index contributed by atoms with van der Waals surface area (Å²) in [5.41, 5.74) is 7.67. The van der Waals surface area contributed by atoms with E-state index in [0.717, 1.165) is 11.1 Å². The Balaban J connectivity index is 3.12. The first-order chi connectivity index (χ1) is 6.00. The van der Waals surface area contributed by atoms with Crippen LogP contribution in [0, 0.1) is 13.8 Å². The van der Waals surface area contributed by atoms with E-state index >= 15 is 0 Å². The Bertz CT molecular complexity index is 351. The van der Waals surface area contributed by atoms with Gasteiger partial charge in [-0.1, -0.05) is 6.07 Å². The zero-order valence-corrected chi connectivity index (χ0v) is 8.18. The van der Waals surface area contributed by atoms with Crippen LogP contribution in [0.15, 0.2) is 12.1 Å². The van der Waals surface area contributed by atoms with E-state index in [-0.39, 0.29) is 5.75 Å². The summed E-state index contributed by atoms with van der Waals surface area (Å²) in [6, 6.07) is 3.44. The molecule has 2 N–H and O–H groups in total. The van der Waals surface area contributed by atoms with Crippen molar-refractivity contribution in [1.82, 2.24) is 0 Å². The molecule has 13 heavy (non-hydrogen) atoms. The molecule has 0 heterocycles. The second-order valence-electron chi connectivity index (χ2n) is 2.78. The van der Waals surface area contributed by atoms with Crippen molar-refractivity contribution in [2.24, 2.45) is 0 Å². The first-order valence-corrected chi connectivity index (χ1v) is 4.65. The number of rotatable bonds is 2. The average Bonchev–Trinajstić information content (AvgIpc) is 1.98. The van der Waals surface area contributed by atoms with Gasteiger partial charge in [-0.05, 0) is 31.0 Å². The molecule has 72 valence electrons. The Morgan fingerprint density at radius 1 is 1.46 bits per heavy atom. The van der Waals surface area contributed by atoms with Crippen molar-refractivity contribution in [1.29, 1.82) is 0 Å². The summed E-state index contributed by atoms with van der Waals surface area (Å²) in [5, 5.41) is 0. The monoisotopic (exact) mass is 200 g/mol. The Morgan fingerprint density at radius 2 is 2.08 bits per heavy atom. The summed E-state index contributed by atoms with van der Waals surface area (Å²) in [4.78, 5) is 0. The fourth-order valence-electron chi connectivity index (χ4n) is 1.08. The van der Waals surface area contributed by atoms with Gasteiger partial charge >= 0.3 is 0 Å². The van der Waals surface area contributed by atoms with Crippen molar-refractivity contribution in [3.05, 3.63) is 23.3 Å². The van der Waals surface area contributed by atoms with Gasteiger partial charge in [-0.15, -0.1) is 0 Å². The minimum Gasteiger partial charge on any atom is -0.740 e. The van der Waals surface area contributed by atoms with Gasteiger partial charge in [0.05, 0.1) is 5.69 Å². The molecule has 0 saturated carbocycles. The van der Waals surface area contributed by atoms with E-state index in [1.54, 1.807) is 13.0 Å². The third-order valence-electron chi connectivity index (χ3n) is 1.65. The molecule has 1 unspecified atom stereocenters. The predicted octanol–water partition coefficient (Wildman–Crippen LogP) is 1.06. The molecule has 5 heteroatoms. The molecular formula is C8H10NO3S-. The molecule has 0 bridgehead atoms. The van der Waals surface area contributed by atoms with E-state index in [1.807, 2.05) is 13.0 Å². The average molecular weight is 200 g/mol. The maximum atomic E-state index is 10.3. The Labute approximate surface area is 79.2 Å². The van der Waals surface area contributed by atoms with E-state index in [1.165, 1.54) is 0 Å². The molecule has 0 aromatic heterocycles. The largest absolute Gasteiger partial charge is 0.740 e. The van der Waals surface area contributed by atoms with Crippen LogP contribution in [-0.4, -0.2) is 8.76 Å². The van der Waals surface area contributed by atoms with Gasteiger partial charge in [0.2, 0.25) is 0 Å². The van der Waals surface area contributed by atoms with Gasteiger partial charge in [-0.2, -0.15) is 0 Å². The van der Waals surface area contributed by atoms with Crippen molar-refractivity contribution in [2.75, 3.05) is 5.73 Å². The summed E-state index contributed by atoms with van der Waals surface area (Å²) >= 11 is -2.57. The van der Waals surface area contributed by atoms with Crippen molar-refractivity contribution in [2.45, 2.75) is 13.8 Å². The lowest BCUT2D eigenvalue weighted by Crippen LogP contribution is -2.02. The lowest BCUT2D eigenvalue weighted by Gasteiger charge is -2.12. The molecule has 4 nitrogen and oxygen atoms in total. The van der Waals surface area contributed by atoms with Crippen LogP contribution in [0.5, 0.6) is 5.75 Å². The van der Waals surface area contributed by atoms with Crippen LogP contribution in [0.3, 0.4) is 0 Å². The van der Waals surface area contributed by atoms with Gasteiger partial charge < -0.3 is 14.5 Å². The molecule has 0 aliphatic rings. The van der Waals surface area contributed by atoms with Crippen LogP contribution >= 0.6 is 0 Å². The van der Waals surface area contributed by atoms with E-state index in [2.05, 4.69) is 4.18 Å². The highest BCUT2D eigenvalue weighted by Crippen LogP contribution is 2.26. The topological polar surface area (TPSA) is 75.4 Å². The third-order valence-corrected chi connectivity index (χ3v) is 1.97. The Kier molecular flexibility index (Phi) is 2.90. The summed E-state index contributed by atoms with van der Waals surface area (Å²) in [5.74, 6) is 0.186. The van der Waals surface area contributed by atoms with E-state index in [4.69, 9.17) is 5.73 Å². The molecule has 0 aliphatic carbocycles. The van der Waals surface area contributed by atoms with Crippen molar-refractivity contribution >= 4 is 17.0 Å². The maximum absolute atomic E-state index is 10.3.